The van der Waals surface area contributed by atoms with Crippen LogP contribution < -0.4 is 9.64 Å². The molecule has 1 aliphatic rings. The zero-order valence-corrected chi connectivity index (χ0v) is 20.0. The lowest BCUT2D eigenvalue weighted by Crippen LogP contribution is -2.54. The van der Waals surface area contributed by atoms with E-state index in [9.17, 15) is 26.0 Å². The fourth-order valence-electron chi connectivity index (χ4n) is 3.86. The van der Waals surface area contributed by atoms with Crippen LogP contribution in [-0.2, 0) is 16.2 Å². The van der Waals surface area contributed by atoms with E-state index in [2.05, 4.69) is 0 Å². The van der Waals surface area contributed by atoms with Crippen molar-refractivity contribution in [2.75, 3.05) is 24.5 Å². The van der Waals surface area contributed by atoms with Gasteiger partial charge < -0.3 is 9.64 Å². The van der Waals surface area contributed by atoms with Crippen molar-refractivity contribution in [2.24, 2.45) is 0 Å². The lowest BCUT2D eigenvalue weighted by atomic mass is 10.1. The predicted molar refractivity (Wildman–Crippen MR) is 119 cm³/mol. The fourth-order valence-corrected chi connectivity index (χ4v) is 5.52. The first-order chi connectivity index (χ1) is 15.6. The molecule has 0 amide bonds. The lowest BCUT2D eigenvalue weighted by Gasteiger charge is -2.40. The summed E-state index contributed by atoms with van der Waals surface area (Å²) >= 11 is 0. The third-order valence-corrected chi connectivity index (χ3v) is 7.30. The zero-order chi connectivity index (χ0) is 25.5. The monoisotopic (exact) mass is 499 g/mol. The topological polar surface area (TPSA) is 73.6 Å². The first kappa shape index (κ1) is 25.8. The van der Waals surface area contributed by atoms with Crippen LogP contribution in [0.4, 0.5) is 23.2 Å². The Morgan fingerprint density at radius 1 is 1.09 bits per heavy atom. The molecule has 0 saturated carbocycles. The molecule has 1 saturated heterocycles. The van der Waals surface area contributed by atoms with Crippen LogP contribution >= 0.6 is 0 Å². The summed E-state index contributed by atoms with van der Waals surface area (Å²) in [5.41, 5.74) is -1.82. The van der Waals surface area contributed by atoms with E-state index >= 15 is 0 Å². The molecule has 2 aromatic carbocycles. The number of nitrogens with zero attached hydrogens (tertiary/aromatic N) is 3. The largest absolute Gasteiger partial charge is 0.488 e. The number of ether oxygens (including phenoxy) is 1. The smallest absolute Gasteiger partial charge is 0.418 e. The standard InChI is InChI=1S/C23H25F4N3O3S/c1-15-14-29(20-7-5-16(13-28)11-18(20)23(25,26)27)9-10-30(15)34(31,32)21-8-6-17(12-19(21)24)33-22(2,3)4/h5-8,11-12,15H,9-10,14H2,1-4H3/t15-/m1/s1. The highest BCUT2D eigenvalue weighted by Gasteiger charge is 2.39. The van der Waals surface area contributed by atoms with Crippen LogP contribution in [0.15, 0.2) is 41.3 Å². The van der Waals surface area contributed by atoms with Gasteiger partial charge in [-0.25, -0.2) is 12.8 Å². The number of benzene rings is 2. The second-order valence-corrected chi connectivity index (χ2v) is 10.9. The Morgan fingerprint density at radius 3 is 2.29 bits per heavy atom. The number of piperazine rings is 1. The average molecular weight is 500 g/mol. The second-order valence-electron chi connectivity index (χ2n) is 9.06. The number of nitriles is 1. The molecule has 0 bridgehead atoms. The number of alkyl halides is 3. The minimum atomic E-state index is -4.69. The molecule has 0 spiro atoms. The molecule has 11 heteroatoms. The van der Waals surface area contributed by atoms with Crippen molar-refractivity contribution in [1.29, 1.82) is 5.26 Å². The van der Waals surface area contributed by atoms with Crippen LogP contribution in [0, 0.1) is 17.1 Å². The SMILES string of the molecule is C[C@@H]1CN(c2ccc(C#N)cc2C(F)(F)F)CCN1S(=O)(=O)c1ccc(OC(C)(C)C)cc1F. The molecule has 0 aliphatic carbocycles. The molecule has 0 N–H and O–H groups in total. The minimum Gasteiger partial charge on any atom is -0.488 e. The van der Waals surface area contributed by atoms with Crippen molar-refractivity contribution in [1.82, 2.24) is 4.31 Å². The summed E-state index contributed by atoms with van der Waals surface area (Å²) < 4.78 is 88.5. The van der Waals surface area contributed by atoms with Crippen LogP contribution in [0.2, 0.25) is 0 Å². The van der Waals surface area contributed by atoms with E-state index in [1.54, 1.807) is 33.8 Å². The number of hydrogen-bond acceptors (Lipinski definition) is 5. The van der Waals surface area contributed by atoms with Gasteiger partial charge in [-0.1, -0.05) is 0 Å². The van der Waals surface area contributed by atoms with Crippen molar-refractivity contribution >= 4 is 15.7 Å². The van der Waals surface area contributed by atoms with Gasteiger partial charge in [-0.05, 0) is 58.0 Å². The minimum absolute atomic E-state index is 0.0363. The van der Waals surface area contributed by atoms with Crippen molar-refractivity contribution in [3.05, 3.63) is 53.3 Å². The summed E-state index contributed by atoms with van der Waals surface area (Å²) in [4.78, 5) is 0.903. The normalized spacial score (nSPS) is 18.0. The maximum Gasteiger partial charge on any atom is 0.418 e. The Morgan fingerprint density at radius 2 is 1.76 bits per heavy atom. The predicted octanol–water partition coefficient (Wildman–Crippen LogP) is 4.79. The number of rotatable bonds is 4. The van der Waals surface area contributed by atoms with Gasteiger partial charge in [0.25, 0.3) is 0 Å². The van der Waals surface area contributed by atoms with Crippen molar-refractivity contribution < 1.29 is 30.7 Å². The Balaban J connectivity index is 1.86. The van der Waals surface area contributed by atoms with Crippen LogP contribution in [0.3, 0.4) is 0 Å². The molecule has 1 heterocycles. The summed E-state index contributed by atoms with van der Waals surface area (Å²) in [6, 6.07) is 7.74. The van der Waals surface area contributed by atoms with E-state index in [-0.39, 0.29) is 36.6 Å². The number of hydrogen-bond donors (Lipinski definition) is 0. The maximum absolute atomic E-state index is 14.8. The summed E-state index contributed by atoms with van der Waals surface area (Å²) in [6.07, 6.45) is -4.69. The Bertz CT molecular complexity index is 1220. The molecule has 184 valence electrons. The highest BCUT2D eigenvalue weighted by atomic mass is 32.2. The van der Waals surface area contributed by atoms with Crippen molar-refractivity contribution in [3.63, 3.8) is 0 Å². The molecule has 0 aromatic heterocycles. The quantitative estimate of drug-likeness (QED) is 0.566. The molecule has 1 fully saturated rings. The molecular formula is C23H25F4N3O3S. The van der Waals surface area contributed by atoms with Gasteiger partial charge in [-0.15, -0.1) is 0 Å². The zero-order valence-electron chi connectivity index (χ0n) is 19.1. The van der Waals surface area contributed by atoms with Gasteiger partial charge in [0.2, 0.25) is 10.0 Å². The third kappa shape index (κ3) is 5.45. The Labute approximate surface area is 196 Å². The molecule has 34 heavy (non-hydrogen) atoms. The number of anilines is 1. The highest BCUT2D eigenvalue weighted by Crippen LogP contribution is 2.38. The van der Waals surface area contributed by atoms with Gasteiger partial charge in [0.15, 0.2) is 0 Å². The van der Waals surface area contributed by atoms with Crippen LogP contribution in [0.1, 0.15) is 38.8 Å². The van der Waals surface area contributed by atoms with E-state index in [0.717, 1.165) is 22.5 Å². The molecule has 3 rings (SSSR count). The van der Waals surface area contributed by atoms with Gasteiger partial charge in [0, 0.05) is 37.4 Å². The molecule has 2 aromatic rings. The summed E-state index contributed by atoms with van der Waals surface area (Å²) in [6.45, 7) is 6.65. The summed E-state index contributed by atoms with van der Waals surface area (Å²) in [7, 11) is -4.25. The van der Waals surface area contributed by atoms with E-state index in [0.29, 0.717) is 0 Å². The van der Waals surface area contributed by atoms with E-state index in [1.165, 1.54) is 23.1 Å². The molecule has 1 aliphatic heterocycles. The van der Waals surface area contributed by atoms with E-state index < -0.39 is 44.1 Å². The van der Waals surface area contributed by atoms with Gasteiger partial charge in [0.1, 0.15) is 22.1 Å². The second kappa shape index (κ2) is 9.07. The van der Waals surface area contributed by atoms with Crippen LogP contribution in [-0.4, -0.2) is 44.0 Å². The highest BCUT2D eigenvalue weighted by molar-refractivity contribution is 7.89. The van der Waals surface area contributed by atoms with E-state index in [4.69, 9.17) is 10.00 Å². The van der Waals surface area contributed by atoms with Gasteiger partial charge >= 0.3 is 6.18 Å². The molecule has 0 unspecified atom stereocenters. The van der Waals surface area contributed by atoms with Gasteiger partial charge in [-0.3, -0.25) is 0 Å². The molecule has 0 radical (unpaired) electrons. The van der Waals surface area contributed by atoms with Crippen molar-refractivity contribution in [3.8, 4) is 11.8 Å². The van der Waals surface area contributed by atoms with Crippen molar-refractivity contribution in [2.45, 2.75) is 50.4 Å². The third-order valence-electron chi connectivity index (χ3n) is 5.25. The first-order valence-electron chi connectivity index (χ1n) is 10.5. The summed E-state index contributed by atoms with van der Waals surface area (Å²) in [5.74, 6) is -0.787. The first-order valence-corrected chi connectivity index (χ1v) is 11.9. The van der Waals surface area contributed by atoms with Crippen LogP contribution in [0.25, 0.3) is 0 Å². The molecular weight excluding hydrogens is 474 g/mol. The molecule has 6 nitrogen and oxygen atoms in total. The van der Waals surface area contributed by atoms with Gasteiger partial charge in [0.05, 0.1) is 17.2 Å². The molecule has 1 atom stereocenters. The lowest BCUT2D eigenvalue weighted by molar-refractivity contribution is -0.137. The Kier molecular flexibility index (Phi) is 6.88. The number of sulfonamides is 1. The number of halogens is 4. The maximum atomic E-state index is 14.8. The van der Waals surface area contributed by atoms with E-state index in [1.807, 2.05) is 0 Å². The van der Waals surface area contributed by atoms with Crippen LogP contribution in [0.5, 0.6) is 5.75 Å². The van der Waals surface area contributed by atoms with Gasteiger partial charge in [-0.2, -0.15) is 22.7 Å². The average Bonchev–Trinajstić information content (AvgIpc) is 2.71. The summed E-state index contributed by atoms with van der Waals surface area (Å²) in [5, 5.41) is 8.96. The Hall–Kier alpha value is -2.84. The fraction of sp³-hybridized carbons (Fsp3) is 0.435.